The Labute approximate surface area is 145 Å². The van der Waals surface area contributed by atoms with Gasteiger partial charge in [0.05, 0.1) is 6.42 Å². The molecule has 4 amide bonds. The van der Waals surface area contributed by atoms with Gasteiger partial charge in [0.25, 0.3) is 0 Å². The second-order valence-corrected chi connectivity index (χ2v) is 5.52. The Hall–Kier alpha value is -3.35. The molecule has 0 saturated heterocycles. The van der Waals surface area contributed by atoms with E-state index < -0.39 is 6.03 Å². The molecular weight excluding hydrogens is 320 g/mol. The molecule has 130 valence electrons. The highest BCUT2D eigenvalue weighted by Crippen LogP contribution is 2.11. The summed E-state index contributed by atoms with van der Waals surface area (Å²) in [6, 6.07) is 13.5. The van der Waals surface area contributed by atoms with Crippen LogP contribution in [0.5, 0.6) is 0 Å². The van der Waals surface area contributed by atoms with Gasteiger partial charge in [-0.05, 0) is 35.4 Å². The van der Waals surface area contributed by atoms with Crippen molar-refractivity contribution in [2.75, 3.05) is 10.6 Å². The summed E-state index contributed by atoms with van der Waals surface area (Å²) < 4.78 is 0. The summed E-state index contributed by atoms with van der Waals surface area (Å²) in [5, 5.41) is 7.98. The van der Waals surface area contributed by atoms with Crippen LogP contribution in [0, 0.1) is 0 Å². The summed E-state index contributed by atoms with van der Waals surface area (Å²) in [7, 11) is 0. The molecule has 0 radical (unpaired) electrons. The molecule has 0 aliphatic carbocycles. The maximum absolute atomic E-state index is 12.0. The molecule has 7 nitrogen and oxygen atoms in total. The Morgan fingerprint density at radius 1 is 0.840 bits per heavy atom. The van der Waals surface area contributed by atoms with Gasteiger partial charge in [0.1, 0.15) is 0 Å². The lowest BCUT2D eigenvalue weighted by Crippen LogP contribution is -2.24. The molecule has 0 spiro atoms. The van der Waals surface area contributed by atoms with E-state index in [1.165, 1.54) is 6.92 Å². The normalized spacial score (nSPS) is 9.96. The third-order valence-corrected chi connectivity index (χ3v) is 3.35. The number of amides is 4. The van der Waals surface area contributed by atoms with Crippen molar-refractivity contribution in [2.24, 2.45) is 5.73 Å². The Kier molecular flexibility index (Phi) is 6.11. The first-order valence-corrected chi connectivity index (χ1v) is 7.71. The van der Waals surface area contributed by atoms with E-state index in [0.29, 0.717) is 17.9 Å². The lowest BCUT2D eigenvalue weighted by molar-refractivity contribution is -0.120. The number of carbonyl (C=O) groups excluding carboxylic acids is 3. The van der Waals surface area contributed by atoms with Crippen molar-refractivity contribution in [1.82, 2.24) is 5.32 Å². The molecule has 0 aliphatic heterocycles. The van der Waals surface area contributed by atoms with Gasteiger partial charge in [-0.3, -0.25) is 9.59 Å². The molecule has 25 heavy (non-hydrogen) atoms. The first-order chi connectivity index (χ1) is 11.9. The molecule has 0 aliphatic rings. The third kappa shape index (κ3) is 6.34. The van der Waals surface area contributed by atoms with Crippen molar-refractivity contribution in [3.05, 3.63) is 59.7 Å². The van der Waals surface area contributed by atoms with Gasteiger partial charge in [-0.15, -0.1) is 0 Å². The first-order valence-electron chi connectivity index (χ1n) is 7.71. The molecule has 0 heterocycles. The fourth-order valence-corrected chi connectivity index (χ4v) is 2.21. The van der Waals surface area contributed by atoms with Crippen LogP contribution >= 0.6 is 0 Å². The predicted molar refractivity (Wildman–Crippen MR) is 95.9 cm³/mol. The maximum Gasteiger partial charge on any atom is 0.316 e. The first kappa shape index (κ1) is 18.0. The number of anilines is 2. The molecule has 0 unspecified atom stereocenters. The summed E-state index contributed by atoms with van der Waals surface area (Å²) >= 11 is 0. The largest absolute Gasteiger partial charge is 0.352 e. The summed E-state index contributed by atoms with van der Waals surface area (Å²) in [6.07, 6.45) is 0.252. The number of benzene rings is 2. The molecule has 0 fully saturated rings. The fourth-order valence-electron chi connectivity index (χ4n) is 2.21. The molecule has 2 aromatic carbocycles. The SMILES string of the molecule is CC(=O)Nc1ccc(CC(=O)NCc2ccc(NC(N)=O)cc2)cc1. The van der Waals surface area contributed by atoms with Crippen LogP contribution < -0.4 is 21.7 Å². The number of urea groups is 1. The minimum atomic E-state index is -0.620. The smallest absolute Gasteiger partial charge is 0.316 e. The average molecular weight is 340 g/mol. The molecule has 0 bridgehead atoms. The molecule has 0 aromatic heterocycles. The van der Waals surface area contributed by atoms with Crippen LogP contribution in [0.2, 0.25) is 0 Å². The Morgan fingerprint density at radius 3 is 1.88 bits per heavy atom. The van der Waals surface area contributed by atoms with E-state index in [9.17, 15) is 14.4 Å². The summed E-state index contributed by atoms with van der Waals surface area (Å²) in [5.74, 6) is -0.242. The van der Waals surface area contributed by atoms with E-state index in [1.807, 2.05) is 0 Å². The highest BCUT2D eigenvalue weighted by Gasteiger charge is 2.04. The molecular formula is C18H20N4O3. The summed E-state index contributed by atoms with van der Waals surface area (Å²) in [5.41, 5.74) is 8.10. The number of primary amides is 1. The van der Waals surface area contributed by atoms with E-state index in [-0.39, 0.29) is 18.2 Å². The van der Waals surface area contributed by atoms with Crippen molar-refractivity contribution in [2.45, 2.75) is 19.9 Å². The Balaban J connectivity index is 1.82. The minimum absolute atomic E-state index is 0.105. The minimum Gasteiger partial charge on any atom is -0.352 e. The van der Waals surface area contributed by atoms with Crippen molar-refractivity contribution in [3.63, 3.8) is 0 Å². The molecule has 7 heteroatoms. The van der Waals surface area contributed by atoms with E-state index in [2.05, 4.69) is 16.0 Å². The standard InChI is InChI=1S/C18H20N4O3/c1-12(23)21-15-6-2-13(3-7-15)10-17(24)20-11-14-4-8-16(9-5-14)22-18(19)25/h2-9H,10-11H2,1H3,(H,20,24)(H,21,23)(H3,19,22,25). The lowest BCUT2D eigenvalue weighted by atomic mass is 10.1. The molecule has 2 aromatic rings. The zero-order chi connectivity index (χ0) is 18.2. The van der Waals surface area contributed by atoms with Crippen LogP contribution in [0.25, 0.3) is 0 Å². The second kappa shape index (κ2) is 8.49. The van der Waals surface area contributed by atoms with Crippen molar-refractivity contribution in [3.8, 4) is 0 Å². The number of hydrogen-bond donors (Lipinski definition) is 4. The lowest BCUT2D eigenvalue weighted by Gasteiger charge is -2.08. The van der Waals surface area contributed by atoms with Crippen LogP contribution in [0.1, 0.15) is 18.1 Å². The van der Waals surface area contributed by atoms with Crippen molar-refractivity contribution >= 4 is 29.2 Å². The maximum atomic E-state index is 12.0. The van der Waals surface area contributed by atoms with Crippen LogP contribution in [-0.2, 0) is 22.6 Å². The number of nitrogens with two attached hydrogens (primary N) is 1. The Bertz CT molecular complexity index is 755. The topological polar surface area (TPSA) is 113 Å². The number of nitrogens with one attached hydrogen (secondary N) is 3. The number of hydrogen-bond acceptors (Lipinski definition) is 3. The van der Waals surface area contributed by atoms with Gasteiger partial charge < -0.3 is 21.7 Å². The zero-order valence-corrected chi connectivity index (χ0v) is 13.8. The van der Waals surface area contributed by atoms with E-state index >= 15 is 0 Å². The highest BCUT2D eigenvalue weighted by atomic mass is 16.2. The molecule has 2 rings (SSSR count). The van der Waals surface area contributed by atoms with Crippen LogP contribution in [0.3, 0.4) is 0 Å². The van der Waals surface area contributed by atoms with Crippen LogP contribution in [0.4, 0.5) is 16.2 Å². The van der Waals surface area contributed by atoms with Gasteiger partial charge in [0.2, 0.25) is 11.8 Å². The van der Waals surface area contributed by atoms with Gasteiger partial charge in [-0.2, -0.15) is 0 Å². The quantitative estimate of drug-likeness (QED) is 0.645. The second-order valence-electron chi connectivity index (χ2n) is 5.52. The fraction of sp³-hybridized carbons (Fsp3) is 0.167. The monoisotopic (exact) mass is 340 g/mol. The average Bonchev–Trinajstić information content (AvgIpc) is 2.55. The van der Waals surface area contributed by atoms with E-state index in [0.717, 1.165) is 11.1 Å². The number of rotatable bonds is 6. The summed E-state index contributed by atoms with van der Waals surface area (Å²) in [4.78, 5) is 33.7. The number of carbonyl (C=O) groups is 3. The molecule has 0 saturated carbocycles. The van der Waals surface area contributed by atoms with Crippen LogP contribution in [0.15, 0.2) is 48.5 Å². The van der Waals surface area contributed by atoms with Gasteiger partial charge in [0, 0.05) is 24.8 Å². The third-order valence-electron chi connectivity index (χ3n) is 3.35. The zero-order valence-electron chi connectivity index (χ0n) is 13.8. The van der Waals surface area contributed by atoms with E-state index in [4.69, 9.17) is 5.73 Å². The van der Waals surface area contributed by atoms with Crippen LogP contribution in [-0.4, -0.2) is 17.8 Å². The van der Waals surface area contributed by atoms with Crippen molar-refractivity contribution < 1.29 is 14.4 Å². The van der Waals surface area contributed by atoms with Gasteiger partial charge >= 0.3 is 6.03 Å². The van der Waals surface area contributed by atoms with Gasteiger partial charge in [-0.25, -0.2) is 4.79 Å². The van der Waals surface area contributed by atoms with Crippen molar-refractivity contribution in [1.29, 1.82) is 0 Å². The highest BCUT2D eigenvalue weighted by molar-refractivity contribution is 5.89. The van der Waals surface area contributed by atoms with Gasteiger partial charge in [-0.1, -0.05) is 24.3 Å². The Morgan fingerprint density at radius 2 is 1.36 bits per heavy atom. The van der Waals surface area contributed by atoms with Gasteiger partial charge in [0.15, 0.2) is 0 Å². The van der Waals surface area contributed by atoms with E-state index in [1.54, 1.807) is 48.5 Å². The molecule has 0 atom stereocenters. The molecule has 5 N–H and O–H groups in total. The predicted octanol–water partition coefficient (Wildman–Crippen LogP) is 1.99. The summed E-state index contributed by atoms with van der Waals surface area (Å²) in [6.45, 7) is 1.83.